The topological polar surface area (TPSA) is 76.5 Å². The molecule has 0 radical (unpaired) electrons. The Labute approximate surface area is 209 Å². The Hall–Kier alpha value is -0.637. The van der Waals surface area contributed by atoms with Crippen LogP contribution < -0.4 is 4.46 Å². The van der Waals surface area contributed by atoms with Crippen LogP contribution in [0.4, 0.5) is 0 Å². The summed E-state index contributed by atoms with van der Waals surface area (Å²) in [7, 11) is -4.29. The van der Waals surface area contributed by atoms with E-state index in [1.54, 1.807) is 0 Å². The summed E-state index contributed by atoms with van der Waals surface area (Å²) in [6.07, 6.45) is -0.775. The fourth-order valence-corrected chi connectivity index (χ4v) is 8.34. The molecule has 0 aromatic heterocycles. The summed E-state index contributed by atoms with van der Waals surface area (Å²) in [5.74, 6) is 0. The van der Waals surface area contributed by atoms with Gasteiger partial charge in [-0.3, -0.25) is 0 Å². The van der Waals surface area contributed by atoms with E-state index in [1.807, 2.05) is 18.2 Å². The molecule has 5 atom stereocenters. The Morgan fingerprint density at radius 1 is 0.909 bits per heavy atom. The Kier molecular flexibility index (Phi) is 9.14. The van der Waals surface area contributed by atoms with E-state index in [0.29, 0.717) is 0 Å². The van der Waals surface area contributed by atoms with Crippen molar-refractivity contribution in [2.24, 2.45) is 5.11 Å². The molecule has 33 heavy (non-hydrogen) atoms. The molecule has 0 aliphatic carbocycles. The van der Waals surface area contributed by atoms with Crippen LogP contribution in [0.3, 0.4) is 0 Å². The van der Waals surface area contributed by atoms with Gasteiger partial charge in [0.15, 0.2) is 0 Å². The molecule has 1 aliphatic rings. The third-order valence-corrected chi connectivity index (χ3v) is 18.8. The quantitative estimate of drug-likeness (QED) is 0.173. The van der Waals surface area contributed by atoms with E-state index in [-0.39, 0.29) is 48.3 Å². The third-order valence-electron chi connectivity index (χ3n) is 7.40. The van der Waals surface area contributed by atoms with Crippen LogP contribution in [0.1, 0.15) is 48.5 Å². The molecular weight excluding hydrogens is 513 g/mol. The number of hydrogen-bond donors (Lipinski definition) is 0. The summed E-state index contributed by atoms with van der Waals surface area (Å²) in [4.78, 5) is 3.24. The average molecular weight is 557 g/mol. The molecule has 1 fully saturated rings. The van der Waals surface area contributed by atoms with E-state index in [1.165, 1.54) is 4.46 Å². The molecule has 1 aromatic rings. The van der Waals surface area contributed by atoms with Crippen LogP contribution in [0.2, 0.25) is 36.3 Å². The van der Waals surface area contributed by atoms with E-state index >= 15 is 0 Å². The minimum atomic E-state index is -2.17. The maximum atomic E-state index is 9.53. The third kappa shape index (κ3) is 6.95. The Bertz CT molecular complexity index is 834. The second-order valence-electron chi connectivity index (χ2n) is 12.0. The van der Waals surface area contributed by atoms with Crippen LogP contribution in [-0.4, -0.2) is 60.9 Å². The van der Waals surface area contributed by atoms with E-state index in [9.17, 15) is 5.53 Å². The number of nitrogens with zero attached hydrogens (tertiary/aromatic N) is 3. The first-order valence-corrected chi connectivity index (χ1v) is 19.4. The summed E-state index contributed by atoms with van der Waals surface area (Å²) < 4.78 is 21.7. The van der Waals surface area contributed by atoms with Crippen molar-refractivity contribution in [2.75, 3.05) is 0 Å². The zero-order valence-corrected chi connectivity index (χ0v) is 26.0. The van der Waals surface area contributed by atoms with Gasteiger partial charge in [0.1, 0.15) is 0 Å². The molecule has 0 bridgehead atoms. The zero-order chi connectivity index (χ0) is 25.2. The van der Waals surface area contributed by atoms with Crippen LogP contribution >= 0.6 is 0 Å². The normalized spacial score (nSPS) is 27.2. The Morgan fingerprint density at radius 3 is 1.85 bits per heavy atom. The Morgan fingerprint density at radius 2 is 1.39 bits per heavy atom. The van der Waals surface area contributed by atoms with Gasteiger partial charge in [0.05, 0.1) is 0 Å². The van der Waals surface area contributed by atoms with Crippen LogP contribution in [0.25, 0.3) is 10.4 Å². The van der Waals surface area contributed by atoms with Gasteiger partial charge in [0.25, 0.3) is 0 Å². The number of hydrogen-bond acceptors (Lipinski definition) is 4. The second-order valence-corrected chi connectivity index (χ2v) is 24.0. The number of rotatable bonds is 7. The maximum absolute atomic E-state index is 9.53. The molecule has 1 aromatic carbocycles. The first-order chi connectivity index (χ1) is 15.0. The van der Waals surface area contributed by atoms with Crippen LogP contribution in [-0.2, 0) is 13.6 Å². The molecule has 0 amide bonds. The zero-order valence-electron chi connectivity index (χ0n) is 22.2. The fraction of sp³-hybridized carbons (Fsp3) is 0.750. The van der Waals surface area contributed by atoms with E-state index in [2.05, 4.69) is 96.8 Å². The van der Waals surface area contributed by atoms with Crippen molar-refractivity contribution in [1.29, 1.82) is 0 Å². The van der Waals surface area contributed by atoms with Gasteiger partial charge < -0.3 is 0 Å². The van der Waals surface area contributed by atoms with Gasteiger partial charge in [0, 0.05) is 0 Å². The van der Waals surface area contributed by atoms with Crippen molar-refractivity contribution in [3.63, 3.8) is 0 Å². The molecule has 0 N–H and O–H groups in total. The van der Waals surface area contributed by atoms with Gasteiger partial charge >= 0.3 is 210 Å². The van der Waals surface area contributed by atoms with Gasteiger partial charge in [-0.15, -0.1) is 0 Å². The molecule has 9 heteroatoms. The van der Waals surface area contributed by atoms with Crippen LogP contribution in [0.5, 0.6) is 0 Å². The molecule has 186 valence electrons. The molecule has 0 saturated carbocycles. The molecule has 1 aliphatic heterocycles. The SMILES string of the molecule is C[C@@H]1O[C@@H]([Se]c2ccccc2)[C@@H](N=[N+]=[N-])[C@H](O[Si](C)(C)C(C)(C)C)[C@@H]1O[Si](C)(C)C(C)(C)C. The number of benzene rings is 1. The first kappa shape index (κ1) is 28.6. The van der Waals surface area contributed by atoms with E-state index in [4.69, 9.17) is 13.6 Å². The molecule has 0 spiro atoms. The number of azide groups is 1. The van der Waals surface area contributed by atoms with Crippen molar-refractivity contribution in [3.05, 3.63) is 40.8 Å². The average Bonchev–Trinajstić information content (AvgIpc) is 2.66. The molecular formula is C24H43N3O3SeSi2. The van der Waals surface area contributed by atoms with E-state index in [0.717, 1.165) is 0 Å². The summed E-state index contributed by atoms with van der Waals surface area (Å²) >= 11 is -0.0225. The first-order valence-electron chi connectivity index (χ1n) is 11.8. The van der Waals surface area contributed by atoms with Gasteiger partial charge in [-0.1, -0.05) is 0 Å². The Balaban J connectivity index is 2.51. The summed E-state index contributed by atoms with van der Waals surface area (Å²) in [6, 6.07) is 9.89. The van der Waals surface area contributed by atoms with Crippen molar-refractivity contribution < 1.29 is 13.6 Å². The molecule has 1 saturated heterocycles. The van der Waals surface area contributed by atoms with Gasteiger partial charge in [-0.25, -0.2) is 0 Å². The number of ether oxygens (including phenoxy) is 1. The van der Waals surface area contributed by atoms with Crippen molar-refractivity contribution in [2.45, 2.75) is 114 Å². The predicted octanol–water partition coefficient (Wildman–Crippen LogP) is 6.22. The van der Waals surface area contributed by atoms with Crippen molar-refractivity contribution in [1.82, 2.24) is 0 Å². The van der Waals surface area contributed by atoms with Crippen molar-refractivity contribution >= 4 is 36.1 Å². The summed E-state index contributed by atoms with van der Waals surface area (Å²) in [5.41, 5.74) is 9.53. The minimum absolute atomic E-state index is 0.0225. The van der Waals surface area contributed by atoms with Crippen molar-refractivity contribution in [3.8, 4) is 0 Å². The standard InChI is InChI=1S/C24H43N3O3SeSi2/c1-17-20(29-32(8,9)23(2,3)4)21(30-33(10,11)24(5,6)7)19(26-27-25)22(28-17)31-18-15-13-12-14-16-18/h12-17,19-22H,1-11H3/t17-,19-,20+,21-,22-/m0/s1. The van der Waals surface area contributed by atoms with Gasteiger partial charge in [0.2, 0.25) is 0 Å². The van der Waals surface area contributed by atoms with Crippen LogP contribution in [0.15, 0.2) is 35.4 Å². The van der Waals surface area contributed by atoms with Gasteiger partial charge in [-0.05, 0) is 0 Å². The fourth-order valence-electron chi connectivity index (χ4n) is 3.23. The summed E-state index contributed by atoms with van der Waals surface area (Å²) in [5, 5.41) is 4.15. The molecule has 2 rings (SSSR count). The van der Waals surface area contributed by atoms with Crippen LogP contribution in [0, 0.1) is 0 Å². The van der Waals surface area contributed by atoms with E-state index < -0.39 is 22.7 Å². The predicted molar refractivity (Wildman–Crippen MR) is 143 cm³/mol. The second kappa shape index (κ2) is 10.5. The van der Waals surface area contributed by atoms with Gasteiger partial charge in [-0.2, -0.15) is 0 Å². The monoisotopic (exact) mass is 557 g/mol. The molecule has 0 unspecified atom stereocenters. The molecule has 1 heterocycles. The summed E-state index contributed by atoms with van der Waals surface area (Å²) in [6.45, 7) is 24.5. The molecule has 6 nitrogen and oxygen atoms in total.